The number of hydrogen-bond donors (Lipinski definition) is 2. The Morgan fingerprint density at radius 3 is 3.11 bits per heavy atom. The van der Waals surface area contributed by atoms with Gasteiger partial charge in [0.2, 0.25) is 0 Å². The summed E-state index contributed by atoms with van der Waals surface area (Å²) >= 11 is 0. The number of ether oxygens (including phenoxy) is 1. The Morgan fingerprint density at radius 1 is 1.67 bits per heavy atom. The molecule has 18 heavy (non-hydrogen) atoms. The van der Waals surface area contributed by atoms with Crippen LogP contribution in [0.2, 0.25) is 0 Å². The molecule has 0 aliphatic carbocycles. The van der Waals surface area contributed by atoms with Gasteiger partial charge in [0.1, 0.15) is 7.11 Å². The molecule has 0 aromatic rings. The lowest BCUT2D eigenvalue weighted by molar-refractivity contribution is -0.137. The summed E-state index contributed by atoms with van der Waals surface area (Å²) in [5, 5.41) is 10.4. The predicted molar refractivity (Wildman–Crippen MR) is 69.2 cm³/mol. The topological polar surface area (TPSA) is 72.0 Å². The van der Waals surface area contributed by atoms with E-state index in [1.54, 1.807) is 14.0 Å². The second-order valence-corrected chi connectivity index (χ2v) is 4.05. The summed E-state index contributed by atoms with van der Waals surface area (Å²) in [6.07, 6.45) is 1.46. The fourth-order valence-electron chi connectivity index (χ4n) is 1.75. The van der Waals surface area contributed by atoms with Gasteiger partial charge in [-0.2, -0.15) is 0 Å². The van der Waals surface area contributed by atoms with Gasteiger partial charge in [0.15, 0.2) is 0 Å². The Kier molecular flexibility index (Phi) is 6.21. The van der Waals surface area contributed by atoms with Crippen molar-refractivity contribution in [3.63, 3.8) is 0 Å². The molecule has 0 aromatic carbocycles. The van der Waals surface area contributed by atoms with E-state index >= 15 is 0 Å². The lowest BCUT2D eigenvalue weighted by atomic mass is 10.1. The van der Waals surface area contributed by atoms with Crippen LogP contribution in [0.15, 0.2) is 16.9 Å². The quantitative estimate of drug-likeness (QED) is 0.405. The first kappa shape index (κ1) is 14.5. The van der Waals surface area contributed by atoms with Crippen LogP contribution in [0, 0.1) is 5.92 Å². The first-order valence-corrected chi connectivity index (χ1v) is 6.07. The van der Waals surface area contributed by atoms with E-state index in [-0.39, 0.29) is 11.9 Å². The standard InChI is InChI=1S/C12H21N3O3/c1-4-18-12(16)5-9(2)14-7-10-6-13-8-11(10)15-17-3/h5,10,13-14H,4,6-8H2,1-3H3/b9-5-,15-11+. The molecular weight excluding hydrogens is 234 g/mol. The van der Waals surface area contributed by atoms with E-state index in [2.05, 4.69) is 15.8 Å². The minimum atomic E-state index is -0.321. The van der Waals surface area contributed by atoms with Crippen molar-refractivity contribution in [1.82, 2.24) is 10.6 Å². The maximum Gasteiger partial charge on any atom is 0.332 e. The molecule has 6 heteroatoms. The van der Waals surface area contributed by atoms with Gasteiger partial charge in [-0.05, 0) is 13.8 Å². The molecule has 1 heterocycles. The monoisotopic (exact) mass is 255 g/mol. The van der Waals surface area contributed by atoms with Crippen molar-refractivity contribution in [2.24, 2.45) is 11.1 Å². The van der Waals surface area contributed by atoms with Crippen LogP contribution in [0.5, 0.6) is 0 Å². The number of oxime groups is 1. The van der Waals surface area contributed by atoms with Gasteiger partial charge < -0.3 is 20.2 Å². The van der Waals surface area contributed by atoms with Crippen molar-refractivity contribution in [2.45, 2.75) is 13.8 Å². The van der Waals surface area contributed by atoms with Crippen molar-refractivity contribution < 1.29 is 14.4 Å². The molecule has 0 amide bonds. The summed E-state index contributed by atoms with van der Waals surface area (Å²) in [6.45, 7) is 6.35. The number of allylic oxidation sites excluding steroid dienone is 1. The second kappa shape index (κ2) is 7.71. The van der Waals surface area contributed by atoms with Crippen LogP contribution in [0.25, 0.3) is 0 Å². The Balaban J connectivity index is 2.40. The Morgan fingerprint density at radius 2 is 2.44 bits per heavy atom. The van der Waals surface area contributed by atoms with Gasteiger partial charge >= 0.3 is 5.97 Å². The van der Waals surface area contributed by atoms with Crippen LogP contribution in [0.4, 0.5) is 0 Å². The van der Waals surface area contributed by atoms with Crippen LogP contribution in [-0.4, -0.2) is 45.0 Å². The highest BCUT2D eigenvalue weighted by Crippen LogP contribution is 2.05. The molecule has 0 spiro atoms. The average Bonchev–Trinajstić information content (AvgIpc) is 2.75. The van der Waals surface area contributed by atoms with Gasteiger partial charge in [0.25, 0.3) is 0 Å². The largest absolute Gasteiger partial charge is 0.463 e. The molecule has 0 aromatic heterocycles. The summed E-state index contributed by atoms with van der Waals surface area (Å²) < 4.78 is 4.83. The smallest absolute Gasteiger partial charge is 0.332 e. The summed E-state index contributed by atoms with van der Waals surface area (Å²) in [6, 6.07) is 0. The lowest BCUT2D eigenvalue weighted by Gasteiger charge is -2.12. The number of carbonyl (C=O) groups is 1. The first-order chi connectivity index (χ1) is 8.67. The number of esters is 1. The van der Waals surface area contributed by atoms with Crippen molar-refractivity contribution in [1.29, 1.82) is 0 Å². The van der Waals surface area contributed by atoms with Crippen molar-refractivity contribution in [3.05, 3.63) is 11.8 Å². The lowest BCUT2D eigenvalue weighted by Crippen LogP contribution is -2.27. The van der Waals surface area contributed by atoms with Gasteiger partial charge in [-0.25, -0.2) is 4.79 Å². The number of hydrogen-bond acceptors (Lipinski definition) is 6. The highest BCUT2D eigenvalue weighted by Gasteiger charge is 2.22. The third-order valence-corrected chi connectivity index (χ3v) is 2.62. The zero-order valence-electron chi connectivity index (χ0n) is 11.2. The third kappa shape index (κ3) is 4.75. The number of nitrogens with one attached hydrogen (secondary N) is 2. The SMILES string of the molecule is CCOC(=O)/C=C(/C)NCC1CNC/C1=N\OC. The molecule has 1 aliphatic rings. The highest BCUT2D eigenvalue weighted by atomic mass is 16.6. The normalized spacial score (nSPS) is 22.1. The zero-order valence-corrected chi connectivity index (χ0v) is 11.2. The number of rotatable bonds is 6. The molecule has 0 radical (unpaired) electrons. The van der Waals surface area contributed by atoms with Crippen molar-refractivity contribution in [2.75, 3.05) is 33.4 Å². The van der Waals surface area contributed by atoms with Gasteiger partial charge in [0, 0.05) is 37.3 Å². The van der Waals surface area contributed by atoms with E-state index in [1.807, 2.05) is 6.92 Å². The molecule has 1 fully saturated rings. The molecule has 1 rings (SSSR count). The maximum atomic E-state index is 11.2. The number of nitrogens with zero attached hydrogens (tertiary/aromatic N) is 1. The molecule has 0 saturated carbocycles. The minimum Gasteiger partial charge on any atom is -0.463 e. The molecular formula is C12H21N3O3. The number of carbonyl (C=O) groups excluding carboxylic acids is 1. The molecule has 1 unspecified atom stereocenters. The summed E-state index contributed by atoms with van der Waals surface area (Å²) in [7, 11) is 1.54. The summed E-state index contributed by atoms with van der Waals surface area (Å²) in [5.74, 6) is -0.0340. The Hall–Kier alpha value is -1.56. The van der Waals surface area contributed by atoms with Crippen LogP contribution < -0.4 is 10.6 Å². The van der Waals surface area contributed by atoms with E-state index in [0.717, 1.165) is 31.0 Å². The molecule has 6 nitrogen and oxygen atoms in total. The second-order valence-electron chi connectivity index (χ2n) is 4.05. The predicted octanol–water partition coefficient (Wildman–Crippen LogP) is 0.265. The molecule has 1 saturated heterocycles. The van der Waals surface area contributed by atoms with E-state index in [9.17, 15) is 4.79 Å². The van der Waals surface area contributed by atoms with E-state index in [0.29, 0.717) is 6.61 Å². The van der Waals surface area contributed by atoms with E-state index in [4.69, 9.17) is 9.57 Å². The Labute approximate surface area is 107 Å². The third-order valence-electron chi connectivity index (χ3n) is 2.62. The fraction of sp³-hybridized carbons (Fsp3) is 0.667. The fourth-order valence-corrected chi connectivity index (χ4v) is 1.75. The Bertz CT molecular complexity index is 339. The van der Waals surface area contributed by atoms with Crippen molar-refractivity contribution >= 4 is 11.7 Å². The highest BCUT2D eigenvalue weighted by molar-refractivity contribution is 5.90. The summed E-state index contributed by atoms with van der Waals surface area (Å²) in [4.78, 5) is 16.0. The summed E-state index contributed by atoms with van der Waals surface area (Å²) in [5.41, 5.74) is 1.78. The molecule has 1 atom stereocenters. The zero-order chi connectivity index (χ0) is 13.4. The molecule has 1 aliphatic heterocycles. The average molecular weight is 255 g/mol. The molecule has 2 N–H and O–H groups in total. The van der Waals surface area contributed by atoms with Crippen molar-refractivity contribution in [3.8, 4) is 0 Å². The first-order valence-electron chi connectivity index (χ1n) is 6.07. The van der Waals surface area contributed by atoms with Crippen LogP contribution in [0.3, 0.4) is 0 Å². The minimum absolute atomic E-state index is 0.287. The molecule has 0 bridgehead atoms. The van der Waals surface area contributed by atoms with E-state index < -0.39 is 0 Å². The van der Waals surface area contributed by atoms with Crippen LogP contribution >= 0.6 is 0 Å². The molecule has 102 valence electrons. The van der Waals surface area contributed by atoms with Gasteiger partial charge in [-0.15, -0.1) is 0 Å². The van der Waals surface area contributed by atoms with E-state index in [1.165, 1.54) is 6.08 Å². The van der Waals surface area contributed by atoms with Crippen LogP contribution in [0.1, 0.15) is 13.8 Å². The van der Waals surface area contributed by atoms with Crippen LogP contribution in [-0.2, 0) is 14.4 Å². The van der Waals surface area contributed by atoms with Gasteiger partial charge in [-0.3, -0.25) is 0 Å². The van der Waals surface area contributed by atoms with Gasteiger partial charge in [0.05, 0.1) is 12.3 Å². The van der Waals surface area contributed by atoms with Gasteiger partial charge in [-0.1, -0.05) is 5.16 Å². The maximum absolute atomic E-state index is 11.2.